The molecule has 4 heteroatoms. The van der Waals surface area contributed by atoms with Crippen LogP contribution in [0.1, 0.15) is 32.3 Å². The molecule has 112 valence electrons. The van der Waals surface area contributed by atoms with E-state index in [0.29, 0.717) is 6.04 Å². The number of pyridine rings is 1. The van der Waals surface area contributed by atoms with Crippen molar-refractivity contribution in [3.8, 4) is 0 Å². The molecule has 1 unspecified atom stereocenters. The zero-order valence-electron chi connectivity index (χ0n) is 12.6. The second-order valence-electron chi connectivity index (χ2n) is 5.28. The molecule has 0 amide bonds. The molecule has 20 heavy (non-hydrogen) atoms. The van der Waals surface area contributed by atoms with Crippen molar-refractivity contribution in [2.24, 2.45) is 0 Å². The molecule has 1 atom stereocenters. The minimum Gasteiger partial charge on any atom is -0.381 e. The van der Waals surface area contributed by atoms with E-state index in [9.17, 15) is 0 Å². The highest BCUT2D eigenvalue weighted by Gasteiger charge is 2.40. The van der Waals surface area contributed by atoms with E-state index in [1.165, 1.54) is 5.56 Å². The van der Waals surface area contributed by atoms with Gasteiger partial charge >= 0.3 is 0 Å². The maximum Gasteiger partial charge on any atom is 0.0881 e. The molecule has 0 saturated carbocycles. The van der Waals surface area contributed by atoms with Crippen molar-refractivity contribution in [2.75, 3.05) is 26.4 Å². The van der Waals surface area contributed by atoms with Gasteiger partial charge in [0.05, 0.1) is 5.60 Å². The molecule has 0 aliphatic carbocycles. The van der Waals surface area contributed by atoms with Crippen LogP contribution in [0.3, 0.4) is 0 Å². The van der Waals surface area contributed by atoms with Gasteiger partial charge in [0.2, 0.25) is 0 Å². The SMILES string of the molecule is CCNC(Cc1ccncc1)C1(OCC)CCOCC1. The Hall–Kier alpha value is -0.970. The highest BCUT2D eigenvalue weighted by molar-refractivity contribution is 5.14. The Morgan fingerprint density at radius 2 is 2.00 bits per heavy atom. The van der Waals surface area contributed by atoms with Crippen molar-refractivity contribution in [2.45, 2.75) is 44.8 Å². The molecule has 0 bridgehead atoms. The largest absolute Gasteiger partial charge is 0.381 e. The Morgan fingerprint density at radius 1 is 1.30 bits per heavy atom. The minimum absolute atomic E-state index is 0.105. The van der Waals surface area contributed by atoms with Gasteiger partial charge in [-0.3, -0.25) is 4.98 Å². The van der Waals surface area contributed by atoms with Crippen LogP contribution in [0.25, 0.3) is 0 Å². The molecule has 1 N–H and O–H groups in total. The summed E-state index contributed by atoms with van der Waals surface area (Å²) in [6.45, 7) is 7.51. The number of nitrogens with zero attached hydrogens (tertiary/aromatic N) is 1. The topological polar surface area (TPSA) is 43.4 Å². The van der Waals surface area contributed by atoms with Crippen molar-refractivity contribution in [3.05, 3.63) is 30.1 Å². The number of likely N-dealkylation sites (N-methyl/N-ethyl adjacent to an activating group) is 1. The first-order valence-electron chi connectivity index (χ1n) is 7.64. The number of ether oxygens (including phenoxy) is 2. The molecular weight excluding hydrogens is 252 g/mol. The third-order valence-electron chi connectivity index (χ3n) is 4.05. The molecule has 1 aromatic rings. The molecule has 1 aliphatic rings. The van der Waals surface area contributed by atoms with E-state index in [2.05, 4.69) is 36.3 Å². The summed E-state index contributed by atoms with van der Waals surface area (Å²) in [6, 6.07) is 4.49. The van der Waals surface area contributed by atoms with Crippen LogP contribution in [0.5, 0.6) is 0 Å². The van der Waals surface area contributed by atoms with Crippen LogP contribution in [-0.4, -0.2) is 43.0 Å². The predicted molar refractivity (Wildman–Crippen MR) is 79.8 cm³/mol. The third kappa shape index (κ3) is 3.78. The van der Waals surface area contributed by atoms with E-state index in [1.807, 2.05) is 12.4 Å². The molecule has 4 nitrogen and oxygen atoms in total. The van der Waals surface area contributed by atoms with Gasteiger partial charge in [-0.15, -0.1) is 0 Å². The molecule has 2 heterocycles. The van der Waals surface area contributed by atoms with Crippen molar-refractivity contribution >= 4 is 0 Å². The molecule has 0 spiro atoms. The van der Waals surface area contributed by atoms with Crippen LogP contribution < -0.4 is 5.32 Å². The molecule has 1 aliphatic heterocycles. The fourth-order valence-corrected chi connectivity index (χ4v) is 3.04. The molecular formula is C16H26N2O2. The summed E-state index contributed by atoms with van der Waals surface area (Å²) in [4.78, 5) is 4.09. The molecule has 0 aromatic carbocycles. The van der Waals surface area contributed by atoms with Gasteiger partial charge in [0.25, 0.3) is 0 Å². The first kappa shape index (κ1) is 15.4. The fraction of sp³-hybridized carbons (Fsp3) is 0.688. The lowest BCUT2D eigenvalue weighted by atomic mass is 9.82. The second kappa shape index (κ2) is 7.72. The molecule has 1 fully saturated rings. The summed E-state index contributed by atoms with van der Waals surface area (Å²) >= 11 is 0. The summed E-state index contributed by atoms with van der Waals surface area (Å²) in [5.41, 5.74) is 1.20. The zero-order valence-corrected chi connectivity index (χ0v) is 12.6. The summed E-state index contributed by atoms with van der Waals surface area (Å²) in [6.07, 6.45) is 6.61. The van der Waals surface area contributed by atoms with Crippen LogP contribution >= 0.6 is 0 Å². The van der Waals surface area contributed by atoms with Gasteiger partial charge in [0, 0.05) is 51.1 Å². The second-order valence-corrected chi connectivity index (χ2v) is 5.28. The first-order chi connectivity index (χ1) is 9.80. The summed E-state index contributed by atoms with van der Waals surface area (Å²) in [5, 5.41) is 3.63. The Morgan fingerprint density at radius 3 is 2.60 bits per heavy atom. The standard InChI is InChI=1S/C16H26N2O2/c1-3-18-15(13-14-5-9-17-10-6-14)16(20-4-2)7-11-19-12-8-16/h5-6,9-10,15,18H,3-4,7-8,11-13H2,1-2H3. The van der Waals surface area contributed by atoms with Crippen LogP contribution in [-0.2, 0) is 15.9 Å². The number of aromatic nitrogens is 1. The van der Waals surface area contributed by atoms with E-state index in [1.54, 1.807) is 0 Å². The maximum atomic E-state index is 6.20. The summed E-state index contributed by atoms with van der Waals surface area (Å²) < 4.78 is 11.7. The van der Waals surface area contributed by atoms with Crippen LogP contribution in [0, 0.1) is 0 Å². The van der Waals surface area contributed by atoms with E-state index >= 15 is 0 Å². The van der Waals surface area contributed by atoms with Gasteiger partial charge in [-0.25, -0.2) is 0 Å². The lowest BCUT2D eigenvalue weighted by Gasteiger charge is -2.43. The average molecular weight is 278 g/mol. The maximum absolute atomic E-state index is 6.20. The first-order valence-corrected chi connectivity index (χ1v) is 7.64. The van der Waals surface area contributed by atoms with Gasteiger partial charge in [0.1, 0.15) is 0 Å². The smallest absolute Gasteiger partial charge is 0.0881 e. The van der Waals surface area contributed by atoms with Crippen LogP contribution in [0.4, 0.5) is 0 Å². The van der Waals surface area contributed by atoms with E-state index in [4.69, 9.17) is 9.47 Å². The van der Waals surface area contributed by atoms with Gasteiger partial charge in [-0.05, 0) is 37.6 Å². The summed E-state index contributed by atoms with van der Waals surface area (Å²) in [7, 11) is 0. The van der Waals surface area contributed by atoms with Crippen molar-refractivity contribution < 1.29 is 9.47 Å². The fourth-order valence-electron chi connectivity index (χ4n) is 3.04. The molecule has 2 rings (SSSR count). The monoisotopic (exact) mass is 278 g/mol. The third-order valence-corrected chi connectivity index (χ3v) is 4.05. The summed E-state index contributed by atoms with van der Waals surface area (Å²) in [5.74, 6) is 0. The number of nitrogens with one attached hydrogen (secondary N) is 1. The Balaban J connectivity index is 2.15. The molecule has 1 saturated heterocycles. The van der Waals surface area contributed by atoms with Crippen molar-refractivity contribution in [1.82, 2.24) is 10.3 Å². The lowest BCUT2D eigenvalue weighted by molar-refractivity contribution is -0.126. The van der Waals surface area contributed by atoms with Gasteiger partial charge < -0.3 is 14.8 Å². The number of hydrogen-bond donors (Lipinski definition) is 1. The Kier molecular flexibility index (Phi) is 5.95. The average Bonchev–Trinajstić information content (AvgIpc) is 2.49. The lowest BCUT2D eigenvalue weighted by Crippen LogP contribution is -2.56. The van der Waals surface area contributed by atoms with Crippen molar-refractivity contribution in [1.29, 1.82) is 0 Å². The molecule has 1 aromatic heterocycles. The van der Waals surface area contributed by atoms with E-state index < -0.39 is 0 Å². The van der Waals surface area contributed by atoms with E-state index in [-0.39, 0.29) is 5.60 Å². The van der Waals surface area contributed by atoms with Crippen LogP contribution in [0.2, 0.25) is 0 Å². The zero-order chi connectivity index (χ0) is 14.3. The number of rotatable bonds is 7. The Bertz CT molecular complexity index is 372. The van der Waals surface area contributed by atoms with Gasteiger partial charge in [-0.1, -0.05) is 6.92 Å². The highest BCUT2D eigenvalue weighted by Crippen LogP contribution is 2.30. The van der Waals surface area contributed by atoms with E-state index in [0.717, 1.165) is 45.6 Å². The highest BCUT2D eigenvalue weighted by atomic mass is 16.5. The Labute approximate surface area is 121 Å². The minimum atomic E-state index is -0.105. The van der Waals surface area contributed by atoms with Gasteiger partial charge in [0.15, 0.2) is 0 Å². The van der Waals surface area contributed by atoms with Crippen molar-refractivity contribution in [3.63, 3.8) is 0 Å². The normalized spacial score (nSPS) is 19.7. The van der Waals surface area contributed by atoms with Gasteiger partial charge in [-0.2, -0.15) is 0 Å². The number of hydrogen-bond acceptors (Lipinski definition) is 4. The quantitative estimate of drug-likeness (QED) is 0.830. The predicted octanol–water partition coefficient (Wildman–Crippen LogP) is 2.19. The van der Waals surface area contributed by atoms with Crippen LogP contribution in [0.15, 0.2) is 24.5 Å². The molecule has 0 radical (unpaired) electrons.